The average Bonchev–Trinajstić information content (AvgIpc) is 2.67. The van der Waals surface area contributed by atoms with Gasteiger partial charge in [-0.3, -0.25) is 4.79 Å². The van der Waals surface area contributed by atoms with Crippen molar-refractivity contribution < 1.29 is 17.6 Å². The van der Waals surface area contributed by atoms with Crippen LogP contribution in [0.25, 0.3) is 0 Å². The minimum atomic E-state index is -4.02. The number of halogens is 1. The molecule has 0 aliphatic carbocycles. The number of carbonyl (C=O) groups excluding carboxylic acids is 1. The van der Waals surface area contributed by atoms with Gasteiger partial charge in [-0.05, 0) is 60.1 Å². The molecule has 0 saturated carbocycles. The molecule has 3 rings (SSSR count). The second-order valence-electron chi connectivity index (χ2n) is 8.64. The molecule has 1 heterocycles. The number of nitrogens with one attached hydrogen (secondary N) is 1. The van der Waals surface area contributed by atoms with Gasteiger partial charge in [0.05, 0.1) is 0 Å². The molecule has 0 radical (unpaired) electrons. The van der Waals surface area contributed by atoms with Crippen molar-refractivity contribution in [3.63, 3.8) is 0 Å². The Hall–Kier alpha value is -2.25. The number of carbonyl (C=O) groups is 1. The summed E-state index contributed by atoms with van der Waals surface area (Å²) in [6.07, 6.45) is 0.937. The molecule has 0 unspecified atom stereocenters. The van der Waals surface area contributed by atoms with E-state index in [1.165, 1.54) is 10.4 Å². The lowest BCUT2D eigenvalue weighted by atomic mass is 9.94. The molecular weight excluding hydrogens is 403 g/mol. The number of hydrogen-bond donors (Lipinski definition) is 1. The van der Waals surface area contributed by atoms with E-state index >= 15 is 0 Å². The number of anilines is 1. The highest BCUT2D eigenvalue weighted by atomic mass is 32.2. The molecule has 0 aromatic heterocycles. The van der Waals surface area contributed by atoms with E-state index < -0.39 is 26.6 Å². The number of rotatable bonds is 5. The second-order valence-corrected chi connectivity index (χ2v) is 10.6. The summed E-state index contributed by atoms with van der Waals surface area (Å²) in [6.45, 7) is 8.84. The van der Waals surface area contributed by atoms with E-state index in [2.05, 4.69) is 19.2 Å². The number of nitrogens with zero attached hydrogens (tertiary/aromatic N) is 1. The third kappa shape index (κ3) is 4.90. The predicted molar refractivity (Wildman–Crippen MR) is 117 cm³/mol. The van der Waals surface area contributed by atoms with E-state index in [0.29, 0.717) is 24.7 Å². The summed E-state index contributed by atoms with van der Waals surface area (Å²) >= 11 is 0. The van der Waals surface area contributed by atoms with Crippen LogP contribution in [0.15, 0.2) is 47.4 Å². The van der Waals surface area contributed by atoms with Gasteiger partial charge in [0, 0.05) is 24.3 Å². The van der Waals surface area contributed by atoms with Crippen LogP contribution in [-0.4, -0.2) is 31.7 Å². The largest absolute Gasteiger partial charge is 0.322 e. The molecule has 2 atom stereocenters. The Morgan fingerprint density at radius 2 is 1.67 bits per heavy atom. The van der Waals surface area contributed by atoms with Crippen LogP contribution < -0.4 is 5.32 Å². The fraction of sp³-hybridized carbons (Fsp3) is 0.435. The molecule has 0 bridgehead atoms. The molecule has 2 aromatic carbocycles. The van der Waals surface area contributed by atoms with Crippen molar-refractivity contribution in [3.8, 4) is 0 Å². The second kappa shape index (κ2) is 8.86. The Bertz CT molecular complexity index is 1010. The summed E-state index contributed by atoms with van der Waals surface area (Å²) in [4.78, 5) is 12.2. The Labute approximate surface area is 178 Å². The summed E-state index contributed by atoms with van der Waals surface area (Å²) in [5, 5.41) is 2.75. The topological polar surface area (TPSA) is 66.5 Å². The van der Waals surface area contributed by atoms with Crippen LogP contribution in [0.2, 0.25) is 0 Å². The van der Waals surface area contributed by atoms with Crippen LogP contribution in [0.5, 0.6) is 0 Å². The lowest BCUT2D eigenvalue weighted by molar-refractivity contribution is 0.102. The van der Waals surface area contributed by atoms with E-state index in [1.807, 2.05) is 26.0 Å². The maximum Gasteiger partial charge on any atom is 0.255 e. The van der Waals surface area contributed by atoms with Gasteiger partial charge in [0.2, 0.25) is 10.0 Å². The highest BCUT2D eigenvalue weighted by Gasteiger charge is 2.33. The van der Waals surface area contributed by atoms with Gasteiger partial charge in [0.25, 0.3) is 5.91 Å². The molecule has 1 N–H and O–H groups in total. The smallest absolute Gasteiger partial charge is 0.255 e. The molecule has 1 saturated heterocycles. The minimum Gasteiger partial charge on any atom is -0.322 e. The summed E-state index contributed by atoms with van der Waals surface area (Å²) in [5.74, 6) is -0.554. The van der Waals surface area contributed by atoms with Crippen molar-refractivity contribution in [3.05, 3.63) is 59.4 Å². The molecule has 1 fully saturated rings. The molecule has 1 amide bonds. The van der Waals surface area contributed by atoms with Crippen LogP contribution in [0, 0.1) is 17.7 Å². The van der Waals surface area contributed by atoms with E-state index in [0.717, 1.165) is 24.1 Å². The van der Waals surface area contributed by atoms with Crippen LogP contribution in [0.1, 0.15) is 56.0 Å². The highest BCUT2D eigenvalue weighted by Crippen LogP contribution is 2.28. The maximum absolute atomic E-state index is 14.5. The first kappa shape index (κ1) is 22.4. The Balaban J connectivity index is 1.84. The van der Waals surface area contributed by atoms with Crippen molar-refractivity contribution in [2.45, 2.75) is 44.9 Å². The standard InChI is InChI=1S/C23H29FN2O3S/c1-15(2)18-5-8-20(9-6-18)25-23(27)19-7-10-21(24)22(12-19)30(28,29)26-13-16(3)11-17(4)14-26/h5-10,12,15-17H,11,13-14H2,1-4H3,(H,25,27)/t16-,17-/m0/s1. The number of sulfonamides is 1. The van der Waals surface area contributed by atoms with Crippen molar-refractivity contribution in [1.82, 2.24) is 4.31 Å². The molecule has 30 heavy (non-hydrogen) atoms. The highest BCUT2D eigenvalue weighted by molar-refractivity contribution is 7.89. The first-order valence-corrected chi connectivity index (χ1v) is 11.7. The molecule has 2 aromatic rings. The van der Waals surface area contributed by atoms with Crippen molar-refractivity contribution in [2.75, 3.05) is 18.4 Å². The Morgan fingerprint density at radius 1 is 1.07 bits per heavy atom. The summed E-state index contributed by atoms with van der Waals surface area (Å²) in [7, 11) is -4.02. The molecule has 162 valence electrons. The molecular formula is C23H29FN2O3S. The van der Waals surface area contributed by atoms with Crippen molar-refractivity contribution in [1.29, 1.82) is 0 Å². The van der Waals surface area contributed by atoms with E-state index in [9.17, 15) is 17.6 Å². The molecule has 5 nitrogen and oxygen atoms in total. The molecule has 7 heteroatoms. The molecule has 1 aliphatic rings. The number of piperidine rings is 1. The quantitative estimate of drug-likeness (QED) is 0.733. The van der Waals surface area contributed by atoms with Crippen LogP contribution in [0.3, 0.4) is 0 Å². The molecule has 0 spiro atoms. The predicted octanol–water partition coefficient (Wildman–Crippen LogP) is 4.87. The summed E-state index contributed by atoms with van der Waals surface area (Å²) in [5.41, 5.74) is 1.84. The van der Waals surface area contributed by atoms with Crippen LogP contribution in [0.4, 0.5) is 10.1 Å². The Kier molecular flexibility index (Phi) is 6.62. The van der Waals surface area contributed by atoms with Gasteiger partial charge in [-0.1, -0.05) is 39.8 Å². The zero-order valence-electron chi connectivity index (χ0n) is 17.9. The van der Waals surface area contributed by atoms with Gasteiger partial charge in [0.1, 0.15) is 10.7 Å². The summed E-state index contributed by atoms with van der Waals surface area (Å²) in [6, 6.07) is 10.9. The summed E-state index contributed by atoms with van der Waals surface area (Å²) < 4.78 is 42.0. The van der Waals surface area contributed by atoms with Crippen LogP contribution >= 0.6 is 0 Å². The first-order valence-electron chi connectivity index (χ1n) is 10.3. The number of hydrogen-bond acceptors (Lipinski definition) is 3. The van der Waals surface area contributed by atoms with Crippen LogP contribution in [-0.2, 0) is 10.0 Å². The zero-order chi connectivity index (χ0) is 22.1. The zero-order valence-corrected chi connectivity index (χ0v) is 18.7. The van der Waals surface area contributed by atoms with Crippen molar-refractivity contribution >= 4 is 21.6 Å². The van der Waals surface area contributed by atoms with E-state index in [4.69, 9.17) is 0 Å². The lowest BCUT2D eigenvalue weighted by Crippen LogP contribution is -2.42. The normalized spacial score (nSPS) is 20.3. The third-order valence-corrected chi connectivity index (χ3v) is 7.33. The number of benzene rings is 2. The van der Waals surface area contributed by atoms with Gasteiger partial charge in [-0.2, -0.15) is 4.31 Å². The van der Waals surface area contributed by atoms with Gasteiger partial charge in [0.15, 0.2) is 0 Å². The third-order valence-electron chi connectivity index (χ3n) is 5.48. The van der Waals surface area contributed by atoms with E-state index in [-0.39, 0.29) is 17.4 Å². The van der Waals surface area contributed by atoms with Gasteiger partial charge in [-0.25, -0.2) is 12.8 Å². The minimum absolute atomic E-state index is 0.0982. The SMILES string of the molecule is CC(C)c1ccc(NC(=O)c2ccc(F)c(S(=O)(=O)N3C[C@@H](C)C[C@H](C)C3)c2)cc1. The fourth-order valence-corrected chi connectivity index (χ4v) is 5.71. The number of amides is 1. The van der Waals surface area contributed by atoms with Gasteiger partial charge < -0.3 is 5.32 Å². The maximum atomic E-state index is 14.5. The lowest BCUT2D eigenvalue weighted by Gasteiger charge is -2.34. The first-order chi connectivity index (χ1) is 14.1. The van der Waals surface area contributed by atoms with Gasteiger partial charge in [-0.15, -0.1) is 0 Å². The average molecular weight is 433 g/mol. The molecule has 1 aliphatic heterocycles. The Morgan fingerprint density at radius 3 is 2.23 bits per heavy atom. The van der Waals surface area contributed by atoms with Gasteiger partial charge >= 0.3 is 0 Å². The fourth-order valence-electron chi connectivity index (χ4n) is 3.94. The van der Waals surface area contributed by atoms with Crippen molar-refractivity contribution in [2.24, 2.45) is 11.8 Å². The van der Waals surface area contributed by atoms with E-state index in [1.54, 1.807) is 12.1 Å². The monoisotopic (exact) mass is 432 g/mol.